The number of hydrogen-bond acceptors (Lipinski definition) is 4. The van der Waals surface area contributed by atoms with Gasteiger partial charge in [0, 0.05) is 20.3 Å². The molecule has 0 aliphatic carbocycles. The first-order valence-electron chi connectivity index (χ1n) is 5.70. The van der Waals surface area contributed by atoms with Gasteiger partial charge in [0.1, 0.15) is 0 Å². The largest absolute Gasteiger partial charge is 0.330 e. The lowest BCUT2D eigenvalue weighted by atomic mass is 10.3. The molecule has 0 radical (unpaired) electrons. The van der Waals surface area contributed by atoms with Crippen molar-refractivity contribution in [1.82, 2.24) is 9.13 Å². The van der Waals surface area contributed by atoms with Gasteiger partial charge in [0.2, 0.25) is 0 Å². The fraction of sp³-hybridized carbons (Fsp3) is 0.154. The van der Waals surface area contributed by atoms with Crippen molar-refractivity contribution in [1.29, 1.82) is 0 Å². The van der Waals surface area contributed by atoms with E-state index < -0.39 is 0 Å². The minimum absolute atomic E-state index is 0.341. The van der Waals surface area contributed by atoms with E-state index in [9.17, 15) is 9.59 Å². The molecule has 0 fully saturated rings. The number of rotatable bonds is 3. The van der Waals surface area contributed by atoms with Gasteiger partial charge in [0.25, 0.3) is 5.56 Å². The van der Waals surface area contributed by atoms with Gasteiger partial charge in [-0.05, 0) is 12.1 Å². The van der Waals surface area contributed by atoms with E-state index in [1.807, 2.05) is 30.3 Å². The molecule has 98 valence electrons. The van der Waals surface area contributed by atoms with Gasteiger partial charge in [-0.15, -0.1) is 0 Å². The highest BCUT2D eigenvalue weighted by Gasteiger charge is 2.03. The van der Waals surface area contributed by atoms with E-state index in [0.717, 1.165) is 10.3 Å². The van der Waals surface area contributed by atoms with Crippen LogP contribution < -0.4 is 16.7 Å². The van der Waals surface area contributed by atoms with E-state index in [1.165, 1.54) is 24.0 Å². The molecule has 1 heterocycles. The van der Waals surface area contributed by atoms with Crippen LogP contribution in [0, 0.1) is 0 Å². The lowest BCUT2D eigenvalue weighted by Crippen LogP contribution is -2.38. The van der Waals surface area contributed by atoms with E-state index in [2.05, 4.69) is 10.5 Å². The molecule has 0 unspecified atom stereocenters. The van der Waals surface area contributed by atoms with Crippen molar-refractivity contribution in [3.63, 3.8) is 0 Å². The molecule has 1 aromatic heterocycles. The van der Waals surface area contributed by atoms with Crippen molar-refractivity contribution in [2.45, 2.75) is 0 Å². The van der Waals surface area contributed by atoms with Crippen LogP contribution in [0.5, 0.6) is 0 Å². The maximum absolute atomic E-state index is 11.8. The van der Waals surface area contributed by atoms with Crippen LogP contribution in [0.3, 0.4) is 0 Å². The Balaban J connectivity index is 2.25. The van der Waals surface area contributed by atoms with E-state index in [0.29, 0.717) is 5.56 Å². The van der Waals surface area contributed by atoms with Gasteiger partial charge in [0.05, 0.1) is 17.5 Å². The second kappa shape index (κ2) is 5.34. The summed E-state index contributed by atoms with van der Waals surface area (Å²) < 4.78 is 2.38. The van der Waals surface area contributed by atoms with Crippen LogP contribution in [0.15, 0.2) is 51.2 Å². The molecule has 0 atom stereocenters. The smallest absolute Gasteiger partial charge is 0.303 e. The summed E-state index contributed by atoms with van der Waals surface area (Å²) in [6.45, 7) is 0. The molecule has 19 heavy (non-hydrogen) atoms. The van der Waals surface area contributed by atoms with Crippen LogP contribution in [0.1, 0.15) is 5.56 Å². The summed E-state index contributed by atoms with van der Waals surface area (Å²) in [5.74, 6) is 0. The van der Waals surface area contributed by atoms with Crippen LogP contribution in [-0.2, 0) is 14.1 Å². The van der Waals surface area contributed by atoms with Crippen molar-refractivity contribution >= 4 is 11.9 Å². The quantitative estimate of drug-likeness (QED) is 0.645. The molecule has 6 nitrogen and oxygen atoms in total. The fourth-order valence-corrected chi connectivity index (χ4v) is 1.61. The minimum Gasteiger partial charge on any atom is -0.303 e. The van der Waals surface area contributed by atoms with Crippen molar-refractivity contribution in [3.05, 3.63) is 62.9 Å². The first-order valence-corrected chi connectivity index (χ1v) is 5.70. The SMILES string of the molecule is Cn1cc(/C=N/Nc2ccccc2)c(=O)n(C)c1=O. The Morgan fingerprint density at radius 3 is 2.53 bits per heavy atom. The van der Waals surface area contributed by atoms with E-state index in [-0.39, 0.29) is 11.2 Å². The average Bonchev–Trinajstić information content (AvgIpc) is 2.43. The molecular formula is C13H14N4O2. The monoisotopic (exact) mass is 258 g/mol. The normalized spacial score (nSPS) is 10.8. The van der Waals surface area contributed by atoms with Gasteiger partial charge >= 0.3 is 5.69 Å². The second-order valence-corrected chi connectivity index (χ2v) is 4.08. The predicted molar refractivity (Wildman–Crippen MR) is 74.6 cm³/mol. The average molecular weight is 258 g/mol. The zero-order chi connectivity index (χ0) is 13.8. The van der Waals surface area contributed by atoms with Gasteiger partial charge in [-0.2, -0.15) is 5.10 Å². The lowest BCUT2D eigenvalue weighted by molar-refractivity contribution is 0.684. The molecule has 1 N–H and O–H groups in total. The van der Waals surface area contributed by atoms with Crippen LogP contribution in [0.25, 0.3) is 0 Å². The molecule has 0 saturated carbocycles. The van der Waals surface area contributed by atoms with Gasteiger partial charge in [0.15, 0.2) is 0 Å². The zero-order valence-electron chi connectivity index (χ0n) is 10.7. The van der Waals surface area contributed by atoms with E-state index in [1.54, 1.807) is 7.05 Å². The van der Waals surface area contributed by atoms with Gasteiger partial charge in [-0.25, -0.2) is 4.79 Å². The number of aromatic nitrogens is 2. The van der Waals surface area contributed by atoms with Crippen molar-refractivity contribution in [3.8, 4) is 0 Å². The maximum atomic E-state index is 11.8. The third-order valence-electron chi connectivity index (χ3n) is 2.64. The third kappa shape index (κ3) is 2.79. The zero-order valence-corrected chi connectivity index (χ0v) is 10.7. The van der Waals surface area contributed by atoms with E-state index >= 15 is 0 Å². The van der Waals surface area contributed by atoms with Gasteiger partial charge in [-0.1, -0.05) is 18.2 Å². The number of hydrazone groups is 1. The summed E-state index contributed by atoms with van der Waals surface area (Å²) in [6.07, 6.45) is 2.86. The van der Waals surface area contributed by atoms with Crippen LogP contribution >= 0.6 is 0 Å². The highest BCUT2D eigenvalue weighted by molar-refractivity contribution is 5.79. The van der Waals surface area contributed by atoms with E-state index in [4.69, 9.17) is 0 Å². The van der Waals surface area contributed by atoms with Crippen molar-refractivity contribution in [2.75, 3.05) is 5.43 Å². The third-order valence-corrected chi connectivity index (χ3v) is 2.64. The highest BCUT2D eigenvalue weighted by atomic mass is 16.2. The van der Waals surface area contributed by atoms with Crippen LogP contribution in [-0.4, -0.2) is 15.3 Å². The standard InChI is InChI=1S/C13H14N4O2/c1-16-9-10(12(18)17(2)13(16)19)8-14-15-11-6-4-3-5-7-11/h3-9,15H,1-2H3/b14-8+. The first kappa shape index (κ1) is 12.8. The molecule has 0 bridgehead atoms. The maximum Gasteiger partial charge on any atom is 0.330 e. The number of para-hydroxylation sites is 1. The molecule has 0 spiro atoms. The highest BCUT2D eigenvalue weighted by Crippen LogP contribution is 2.03. The Morgan fingerprint density at radius 1 is 1.16 bits per heavy atom. The lowest BCUT2D eigenvalue weighted by Gasteiger charge is -2.03. The molecule has 1 aromatic carbocycles. The molecule has 0 amide bonds. The Hall–Kier alpha value is -2.63. The minimum atomic E-state index is -0.373. The van der Waals surface area contributed by atoms with Gasteiger partial charge in [-0.3, -0.25) is 14.8 Å². The molecule has 0 saturated heterocycles. The summed E-state index contributed by atoms with van der Waals surface area (Å²) in [4.78, 5) is 23.3. The Bertz CT molecular complexity index is 714. The summed E-state index contributed by atoms with van der Waals surface area (Å²) in [5, 5.41) is 3.98. The number of benzene rings is 1. The summed E-state index contributed by atoms with van der Waals surface area (Å²) in [6, 6.07) is 9.37. The fourth-order valence-electron chi connectivity index (χ4n) is 1.61. The number of aryl methyl sites for hydroxylation is 1. The first-order chi connectivity index (χ1) is 9.09. The Kier molecular flexibility index (Phi) is 3.61. The predicted octanol–water partition coefficient (Wildman–Crippen LogP) is 0.530. The summed E-state index contributed by atoms with van der Waals surface area (Å²) >= 11 is 0. The van der Waals surface area contributed by atoms with Crippen molar-refractivity contribution in [2.24, 2.45) is 19.2 Å². The summed E-state index contributed by atoms with van der Waals surface area (Å²) in [7, 11) is 3.02. The van der Waals surface area contributed by atoms with Crippen LogP contribution in [0.4, 0.5) is 5.69 Å². The van der Waals surface area contributed by atoms with Crippen molar-refractivity contribution < 1.29 is 0 Å². The second-order valence-electron chi connectivity index (χ2n) is 4.08. The summed E-state index contributed by atoms with van der Waals surface area (Å²) in [5.41, 5.74) is 3.23. The Morgan fingerprint density at radius 2 is 1.84 bits per heavy atom. The molecule has 2 rings (SSSR count). The Labute approximate surface area is 109 Å². The number of hydrogen-bond donors (Lipinski definition) is 1. The van der Waals surface area contributed by atoms with Gasteiger partial charge < -0.3 is 4.57 Å². The number of anilines is 1. The topological polar surface area (TPSA) is 68.4 Å². The molecule has 0 aliphatic heterocycles. The number of nitrogens with zero attached hydrogens (tertiary/aromatic N) is 3. The van der Waals surface area contributed by atoms with Crippen LogP contribution in [0.2, 0.25) is 0 Å². The molecule has 6 heteroatoms. The molecule has 2 aromatic rings. The molecule has 0 aliphatic rings. The molecular weight excluding hydrogens is 244 g/mol. The number of nitrogens with one attached hydrogen (secondary N) is 1.